The standard InChI is InChI=1S/C12H13FN2O3/c13-11-9(2-1-4-14-11)12(18)15-5-3-8(7-15)6-10(16)17/h1-2,4,8H,3,5-7H2,(H,16,17). The number of rotatable bonds is 3. The first-order chi connectivity index (χ1) is 8.58. The number of hydrogen-bond donors (Lipinski definition) is 1. The first kappa shape index (κ1) is 12.5. The van der Waals surface area contributed by atoms with Gasteiger partial charge in [0.05, 0.1) is 5.56 Å². The third-order valence-corrected chi connectivity index (χ3v) is 3.03. The zero-order valence-electron chi connectivity index (χ0n) is 9.67. The minimum atomic E-state index is -0.873. The van der Waals surface area contributed by atoms with Crippen LogP contribution in [0.1, 0.15) is 23.2 Å². The number of carbonyl (C=O) groups is 2. The molecule has 1 aliphatic heterocycles. The molecular formula is C12H13FN2O3. The fourth-order valence-electron chi connectivity index (χ4n) is 2.15. The number of hydrogen-bond acceptors (Lipinski definition) is 3. The molecule has 1 aliphatic rings. The summed E-state index contributed by atoms with van der Waals surface area (Å²) in [5.41, 5.74) is -0.0616. The quantitative estimate of drug-likeness (QED) is 0.819. The number of carboxylic acids is 1. The average molecular weight is 252 g/mol. The summed E-state index contributed by atoms with van der Waals surface area (Å²) in [7, 11) is 0. The van der Waals surface area contributed by atoms with Gasteiger partial charge in [-0.2, -0.15) is 4.39 Å². The second kappa shape index (κ2) is 5.12. The van der Waals surface area contributed by atoms with Crippen molar-refractivity contribution in [2.45, 2.75) is 12.8 Å². The number of aliphatic carboxylic acids is 1. The molecule has 6 heteroatoms. The molecule has 96 valence electrons. The third kappa shape index (κ3) is 2.64. The maximum Gasteiger partial charge on any atom is 0.303 e. The number of carbonyl (C=O) groups excluding carboxylic acids is 1. The van der Waals surface area contributed by atoms with Gasteiger partial charge >= 0.3 is 5.97 Å². The van der Waals surface area contributed by atoms with Gasteiger partial charge < -0.3 is 10.0 Å². The Morgan fingerprint density at radius 3 is 3.00 bits per heavy atom. The van der Waals surface area contributed by atoms with Gasteiger partial charge in [0.2, 0.25) is 5.95 Å². The molecule has 1 fully saturated rings. The second-order valence-electron chi connectivity index (χ2n) is 4.35. The van der Waals surface area contributed by atoms with E-state index in [2.05, 4.69) is 4.98 Å². The van der Waals surface area contributed by atoms with Crippen LogP contribution in [0.4, 0.5) is 4.39 Å². The van der Waals surface area contributed by atoms with E-state index in [0.29, 0.717) is 19.5 Å². The van der Waals surface area contributed by atoms with Crippen LogP contribution in [0, 0.1) is 11.9 Å². The first-order valence-corrected chi connectivity index (χ1v) is 5.69. The van der Waals surface area contributed by atoms with Gasteiger partial charge in [0.15, 0.2) is 0 Å². The molecule has 0 radical (unpaired) electrons. The zero-order valence-corrected chi connectivity index (χ0v) is 9.67. The van der Waals surface area contributed by atoms with Crippen LogP contribution in [-0.2, 0) is 4.79 Å². The number of likely N-dealkylation sites (tertiary alicyclic amines) is 1. The predicted molar refractivity (Wildman–Crippen MR) is 60.5 cm³/mol. The van der Waals surface area contributed by atoms with Gasteiger partial charge in [-0.15, -0.1) is 0 Å². The van der Waals surface area contributed by atoms with Gasteiger partial charge in [-0.1, -0.05) is 0 Å². The molecule has 1 N–H and O–H groups in total. The lowest BCUT2D eigenvalue weighted by atomic mass is 10.1. The van der Waals surface area contributed by atoms with Crippen LogP contribution in [0.15, 0.2) is 18.3 Å². The zero-order chi connectivity index (χ0) is 13.1. The van der Waals surface area contributed by atoms with E-state index in [0.717, 1.165) is 0 Å². The van der Waals surface area contributed by atoms with Crippen LogP contribution in [0.5, 0.6) is 0 Å². The largest absolute Gasteiger partial charge is 0.481 e. The smallest absolute Gasteiger partial charge is 0.303 e. The van der Waals surface area contributed by atoms with Gasteiger partial charge in [-0.05, 0) is 24.5 Å². The Balaban J connectivity index is 2.04. The molecule has 0 aliphatic carbocycles. The minimum absolute atomic E-state index is 0.0410. The highest BCUT2D eigenvalue weighted by Crippen LogP contribution is 2.21. The molecule has 18 heavy (non-hydrogen) atoms. The van der Waals surface area contributed by atoms with E-state index in [1.54, 1.807) is 0 Å². The molecule has 1 unspecified atom stereocenters. The van der Waals surface area contributed by atoms with E-state index in [1.165, 1.54) is 23.2 Å². The summed E-state index contributed by atoms with van der Waals surface area (Å²) in [6.45, 7) is 0.824. The fourth-order valence-corrected chi connectivity index (χ4v) is 2.15. The summed E-state index contributed by atoms with van der Waals surface area (Å²) >= 11 is 0. The van der Waals surface area contributed by atoms with E-state index >= 15 is 0 Å². The maximum atomic E-state index is 13.3. The van der Waals surface area contributed by atoms with E-state index in [4.69, 9.17) is 5.11 Å². The average Bonchev–Trinajstić information content (AvgIpc) is 2.76. The van der Waals surface area contributed by atoms with Gasteiger partial charge in [0, 0.05) is 25.7 Å². The van der Waals surface area contributed by atoms with E-state index in [1.807, 2.05) is 0 Å². The lowest BCUT2D eigenvalue weighted by molar-refractivity contribution is -0.138. The first-order valence-electron chi connectivity index (χ1n) is 5.69. The SMILES string of the molecule is O=C(O)CC1CCN(C(=O)c2cccnc2F)C1. The molecule has 2 rings (SSSR count). The Kier molecular flexibility index (Phi) is 3.55. The summed E-state index contributed by atoms with van der Waals surface area (Å²) < 4.78 is 13.3. The van der Waals surface area contributed by atoms with Gasteiger partial charge in [0.1, 0.15) is 0 Å². The Labute approximate surface area is 103 Å². The van der Waals surface area contributed by atoms with Crippen molar-refractivity contribution in [3.8, 4) is 0 Å². The van der Waals surface area contributed by atoms with Crippen LogP contribution in [-0.4, -0.2) is 40.0 Å². The van der Waals surface area contributed by atoms with Crippen LogP contribution >= 0.6 is 0 Å². The number of carboxylic acid groups (broad SMARTS) is 1. The van der Waals surface area contributed by atoms with Gasteiger partial charge in [0.25, 0.3) is 5.91 Å². The normalized spacial score (nSPS) is 18.9. The number of pyridine rings is 1. The van der Waals surface area contributed by atoms with E-state index in [-0.39, 0.29) is 17.9 Å². The van der Waals surface area contributed by atoms with Crippen molar-refractivity contribution < 1.29 is 19.1 Å². The summed E-state index contributed by atoms with van der Waals surface area (Å²) in [4.78, 5) is 27.5. The van der Waals surface area contributed by atoms with Crippen molar-refractivity contribution in [2.24, 2.45) is 5.92 Å². The van der Waals surface area contributed by atoms with Gasteiger partial charge in [-0.25, -0.2) is 4.98 Å². The maximum absolute atomic E-state index is 13.3. The third-order valence-electron chi connectivity index (χ3n) is 3.03. The molecule has 0 saturated carbocycles. The van der Waals surface area contributed by atoms with Crippen LogP contribution in [0.3, 0.4) is 0 Å². The highest BCUT2D eigenvalue weighted by atomic mass is 19.1. The Morgan fingerprint density at radius 2 is 2.33 bits per heavy atom. The van der Waals surface area contributed by atoms with E-state index < -0.39 is 17.8 Å². The van der Waals surface area contributed by atoms with Crippen LogP contribution in [0.25, 0.3) is 0 Å². The number of amides is 1. The lowest BCUT2D eigenvalue weighted by Gasteiger charge is -2.16. The molecule has 1 atom stereocenters. The predicted octanol–water partition coefficient (Wildman–Crippen LogP) is 1.16. The highest BCUT2D eigenvalue weighted by molar-refractivity contribution is 5.94. The molecule has 0 aromatic carbocycles. The topological polar surface area (TPSA) is 70.5 Å². The van der Waals surface area contributed by atoms with Crippen molar-refractivity contribution in [1.82, 2.24) is 9.88 Å². The van der Waals surface area contributed by atoms with Crippen LogP contribution in [0.2, 0.25) is 0 Å². The van der Waals surface area contributed by atoms with Crippen molar-refractivity contribution in [2.75, 3.05) is 13.1 Å². The minimum Gasteiger partial charge on any atom is -0.481 e. The van der Waals surface area contributed by atoms with Gasteiger partial charge in [-0.3, -0.25) is 9.59 Å². The van der Waals surface area contributed by atoms with Crippen molar-refractivity contribution >= 4 is 11.9 Å². The molecule has 2 heterocycles. The summed E-state index contributed by atoms with van der Waals surface area (Å²) in [6.07, 6.45) is 1.96. The van der Waals surface area contributed by atoms with Crippen LogP contribution < -0.4 is 0 Å². The molecule has 0 bridgehead atoms. The Hall–Kier alpha value is -1.98. The number of halogens is 1. The molecule has 0 spiro atoms. The van der Waals surface area contributed by atoms with Crippen molar-refractivity contribution in [1.29, 1.82) is 0 Å². The second-order valence-corrected chi connectivity index (χ2v) is 4.35. The fraction of sp³-hybridized carbons (Fsp3) is 0.417. The molecule has 1 amide bonds. The summed E-state index contributed by atoms with van der Waals surface area (Å²) in [5.74, 6) is -2.13. The summed E-state index contributed by atoms with van der Waals surface area (Å²) in [6, 6.07) is 2.89. The Bertz CT molecular complexity index is 478. The van der Waals surface area contributed by atoms with Crippen molar-refractivity contribution in [3.63, 3.8) is 0 Å². The molecule has 1 aromatic rings. The summed E-state index contributed by atoms with van der Waals surface area (Å²) in [5, 5.41) is 8.69. The Morgan fingerprint density at radius 1 is 1.56 bits per heavy atom. The monoisotopic (exact) mass is 252 g/mol. The lowest BCUT2D eigenvalue weighted by Crippen LogP contribution is -2.29. The molecule has 1 saturated heterocycles. The number of aromatic nitrogens is 1. The highest BCUT2D eigenvalue weighted by Gasteiger charge is 2.29. The van der Waals surface area contributed by atoms with E-state index in [9.17, 15) is 14.0 Å². The molecule has 5 nitrogen and oxygen atoms in total. The molecular weight excluding hydrogens is 239 g/mol. The number of nitrogens with zero attached hydrogens (tertiary/aromatic N) is 2. The van der Waals surface area contributed by atoms with Crippen molar-refractivity contribution in [3.05, 3.63) is 29.8 Å². The molecule has 1 aromatic heterocycles.